The maximum absolute atomic E-state index is 12.7. The first-order valence-electron chi connectivity index (χ1n) is 10.0. The molecule has 3 aromatic rings. The van der Waals surface area contributed by atoms with Crippen LogP contribution in [0.5, 0.6) is 17.2 Å². The summed E-state index contributed by atoms with van der Waals surface area (Å²) in [6.45, 7) is 5.66. The average Bonchev–Trinajstić information content (AvgIpc) is 3.29. The molecule has 0 aliphatic carbocycles. The Labute approximate surface area is 180 Å². The number of anilines is 1. The zero-order valence-electron chi connectivity index (χ0n) is 17.2. The van der Waals surface area contributed by atoms with Crippen molar-refractivity contribution < 1.29 is 19.0 Å². The fraction of sp³-hybridized carbons (Fsp3) is 0.304. The number of hydrogen-bond acceptors (Lipinski definition) is 6. The summed E-state index contributed by atoms with van der Waals surface area (Å²) in [7, 11) is 0. The highest BCUT2D eigenvalue weighted by molar-refractivity contribution is 7.07. The fourth-order valence-electron chi connectivity index (χ4n) is 2.64. The topological polar surface area (TPSA) is 69.7 Å². The molecule has 0 aliphatic heterocycles. The monoisotopic (exact) mass is 426 g/mol. The number of thiazole rings is 1. The number of nitrogens with one attached hydrogen (secondary N) is 1. The Morgan fingerprint density at radius 3 is 2.53 bits per heavy atom. The average molecular weight is 427 g/mol. The lowest BCUT2D eigenvalue weighted by molar-refractivity contribution is 0.102. The van der Waals surface area contributed by atoms with Gasteiger partial charge in [0.15, 0.2) is 11.5 Å². The van der Waals surface area contributed by atoms with Crippen LogP contribution >= 0.6 is 11.3 Å². The van der Waals surface area contributed by atoms with E-state index in [-0.39, 0.29) is 5.91 Å². The van der Waals surface area contributed by atoms with Gasteiger partial charge in [0.05, 0.1) is 24.4 Å². The minimum Gasteiger partial charge on any atom is -0.490 e. The van der Waals surface area contributed by atoms with Gasteiger partial charge in [0.2, 0.25) is 0 Å². The second-order valence-corrected chi connectivity index (χ2v) is 7.33. The number of nitrogens with zero attached hydrogens (tertiary/aromatic N) is 1. The summed E-state index contributed by atoms with van der Waals surface area (Å²) in [6.07, 6.45) is 1.80. The summed E-state index contributed by atoms with van der Waals surface area (Å²) in [5.41, 5.74) is 3.77. The lowest BCUT2D eigenvalue weighted by Gasteiger charge is -2.14. The molecule has 0 radical (unpaired) electrons. The third kappa shape index (κ3) is 6.22. The predicted octanol–water partition coefficient (Wildman–Crippen LogP) is 5.55. The molecular weight excluding hydrogens is 400 g/mol. The first kappa shape index (κ1) is 21.6. The van der Waals surface area contributed by atoms with E-state index in [0.717, 1.165) is 18.5 Å². The van der Waals surface area contributed by atoms with Crippen LogP contribution in [-0.4, -0.2) is 24.1 Å². The van der Waals surface area contributed by atoms with E-state index in [1.807, 2.05) is 30.5 Å². The molecule has 6 nitrogen and oxygen atoms in total. The third-order valence-corrected chi connectivity index (χ3v) is 4.73. The molecule has 0 fully saturated rings. The second kappa shape index (κ2) is 11.2. The highest BCUT2D eigenvalue weighted by Crippen LogP contribution is 2.31. The lowest BCUT2D eigenvalue weighted by atomic mass is 10.2. The second-order valence-electron chi connectivity index (χ2n) is 6.61. The van der Waals surface area contributed by atoms with Crippen LogP contribution in [0.25, 0.3) is 0 Å². The van der Waals surface area contributed by atoms with Crippen molar-refractivity contribution in [3.8, 4) is 17.2 Å². The van der Waals surface area contributed by atoms with Gasteiger partial charge in [-0.25, -0.2) is 4.98 Å². The van der Waals surface area contributed by atoms with Crippen LogP contribution in [0.3, 0.4) is 0 Å². The standard InChI is InChI=1S/C23H26N2O4S/c1-3-10-27-21-9-8-18(13-22(21)28-11-4-2)25-23(26)17-6-5-7-20(12-17)29-14-19-15-30-16-24-19/h5-9,12-13,15-16H,3-4,10-11,14H2,1-2H3,(H,25,26). The van der Waals surface area contributed by atoms with E-state index >= 15 is 0 Å². The molecule has 7 heteroatoms. The molecule has 1 amide bonds. The molecule has 0 spiro atoms. The largest absolute Gasteiger partial charge is 0.490 e. The van der Waals surface area contributed by atoms with Gasteiger partial charge in [-0.2, -0.15) is 0 Å². The van der Waals surface area contributed by atoms with Crippen LogP contribution in [0.2, 0.25) is 0 Å². The third-order valence-electron chi connectivity index (χ3n) is 4.09. The van der Waals surface area contributed by atoms with Gasteiger partial charge < -0.3 is 19.5 Å². The van der Waals surface area contributed by atoms with Gasteiger partial charge in [0, 0.05) is 22.7 Å². The highest BCUT2D eigenvalue weighted by atomic mass is 32.1. The Kier molecular flexibility index (Phi) is 8.09. The van der Waals surface area contributed by atoms with E-state index in [4.69, 9.17) is 14.2 Å². The minimum atomic E-state index is -0.224. The van der Waals surface area contributed by atoms with Crippen LogP contribution in [0.4, 0.5) is 5.69 Å². The summed E-state index contributed by atoms with van der Waals surface area (Å²) in [5, 5.41) is 4.85. The number of carbonyl (C=O) groups is 1. The minimum absolute atomic E-state index is 0.224. The van der Waals surface area contributed by atoms with E-state index in [9.17, 15) is 4.79 Å². The molecule has 0 saturated carbocycles. The molecule has 0 unspecified atom stereocenters. The van der Waals surface area contributed by atoms with Crippen molar-refractivity contribution in [2.45, 2.75) is 33.3 Å². The maximum atomic E-state index is 12.7. The quantitative estimate of drug-likeness (QED) is 0.435. The normalized spacial score (nSPS) is 10.5. The van der Waals surface area contributed by atoms with Crippen LogP contribution in [0.1, 0.15) is 42.7 Å². The van der Waals surface area contributed by atoms with Crippen molar-refractivity contribution in [3.63, 3.8) is 0 Å². The van der Waals surface area contributed by atoms with Crippen molar-refractivity contribution in [3.05, 3.63) is 64.6 Å². The number of ether oxygens (including phenoxy) is 3. The van der Waals surface area contributed by atoms with E-state index < -0.39 is 0 Å². The Balaban J connectivity index is 1.67. The van der Waals surface area contributed by atoms with Crippen LogP contribution < -0.4 is 19.5 Å². The van der Waals surface area contributed by atoms with Gasteiger partial charge in [0.25, 0.3) is 5.91 Å². The molecule has 3 rings (SSSR count). The van der Waals surface area contributed by atoms with E-state index in [0.29, 0.717) is 48.3 Å². The number of carbonyl (C=O) groups excluding carboxylic acids is 1. The number of rotatable bonds is 11. The number of benzene rings is 2. The van der Waals surface area contributed by atoms with Gasteiger partial charge in [-0.05, 0) is 43.2 Å². The van der Waals surface area contributed by atoms with Crippen molar-refractivity contribution in [1.29, 1.82) is 0 Å². The molecule has 0 aliphatic rings. The summed E-state index contributed by atoms with van der Waals surface area (Å²) in [5.74, 6) is 1.70. The summed E-state index contributed by atoms with van der Waals surface area (Å²) >= 11 is 1.52. The summed E-state index contributed by atoms with van der Waals surface area (Å²) < 4.78 is 17.3. The van der Waals surface area contributed by atoms with Crippen molar-refractivity contribution in [1.82, 2.24) is 4.98 Å². The van der Waals surface area contributed by atoms with Crippen LogP contribution in [0.15, 0.2) is 53.4 Å². The SMILES string of the molecule is CCCOc1ccc(NC(=O)c2cccc(OCc3cscn3)c2)cc1OCCC. The predicted molar refractivity (Wildman–Crippen MR) is 119 cm³/mol. The summed E-state index contributed by atoms with van der Waals surface area (Å²) in [6, 6.07) is 12.5. The van der Waals surface area contributed by atoms with E-state index in [2.05, 4.69) is 17.2 Å². The Hall–Kier alpha value is -3.06. The number of aromatic nitrogens is 1. The van der Waals surface area contributed by atoms with E-state index in [1.165, 1.54) is 11.3 Å². The zero-order chi connectivity index (χ0) is 21.2. The van der Waals surface area contributed by atoms with Gasteiger partial charge in [-0.1, -0.05) is 19.9 Å². The molecular formula is C23H26N2O4S. The molecule has 0 atom stereocenters. The van der Waals surface area contributed by atoms with Crippen LogP contribution in [-0.2, 0) is 6.61 Å². The zero-order valence-corrected chi connectivity index (χ0v) is 18.0. The Morgan fingerprint density at radius 2 is 1.80 bits per heavy atom. The smallest absolute Gasteiger partial charge is 0.255 e. The maximum Gasteiger partial charge on any atom is 0.255 e. The summed E-state index contributed by atoms with van der Waals surface area (Å²) in [4.78, 5) is 16.9. The molecule has 30 heavy (non-hydrogen) atoms. The molecule has 2 aromatic carbocycles. The fourth-order valence-corrected chi connectivity index (χ4v) is 3.18. The number of hydrogen-bond donors (Lipinski definition) is 1. The van der Waals surface area contributed by atoms with Gasteiger partial charge in [0.1, 0.15) is 12.4 Å². The van der Waals surface area contributed by atoms with Gasteiger partial charge >= 0.3 is 0 Å². The molecule has 0 saturated heterocycles. The molecule has 0 bridgehead atoms. The van der Waals surface area contributed by atoms with Crippen molar-refractivity contribution in [2.75, 3.05) is 18.5 Å². The Bertz CT molecular complexity index is 944. The first-order chi connectivity index (χ1) is 14.7. The Morgan fingerprint density at radius 1 is 1.00 bits per heavy atom. The number of amides is 1. The lowest BCUT2D eigenvalue weighted by Crippen LogP contribution is -2.12. The highest BCUT2D eigenvalue weighted by Gasteiger charge is 2.11. The van der Waals surface area contributed by atoms with Crippen LogP contribution in [0, 0.1) is 0 Å². The first-order valence-corrected chi connectivity index (χ1v) is 10.9. The van der Waals surface area contributed by atoms with E-state index in [1.54, 1.807) is 29.8 Å². The van der Waals surface area contributed by atoms with Gasteiger partial charge in [-0.15, -0.1) is 11.3 Å². The van der Waals surface area contributed by atoms with Crippen molar-refractivity contribution >= 4 is 22.9 Å². The van der Waals surface area contributed by atoms with Gasteiger partial charge in [-0.3, -0.25) is 4.79 Å². The molecule has 1 N–H and O–H groups in total. The molecule has 158 valence electrons. The molecule has 1 heterocycles. The molecule has 1 aromatic heterocycles. The van der Waals surface area contributed by atoms with Crippen molar-refractivity contribution in [2.24, 2.45) is 0 Å².